The summed E-state index contributed by atoms with van der Waals surface area (Å²) in [6.45, 7) is 3.93. The van der Waals surface area contributed by atoms with Gasteiger partial charge in [-0.2, -0.15) is 0 Å². The number of aryl methyl sites for hydroxylation is 2. The van der Waals surface area contributed by atoms with Gasteiger partial charge in [0.15, 0.2) is 17.3 Å². The van der Waals surface area contributed by atoms with Gasteiger partial charge in [-0.05, 0) is 59.6 Å². The number of hydrogen-bond acceptors (Lipinski definition) is 4. The topological polar surface area (TPSA) is 46.5 Å². The smallest absolute Gasteiger partial charge is 0.186 e. The number of thiophene rings is 1. The Morgan fingerprint density at radius 1 is 1.33 bits per heavy atom. The Hall–Kier alpha value is -1.59. The van der Waals surface area contributed by atoms with Crippen LogP contribution in [0.25, 0.3) is 6.08 Å². The van der Waals surface area contributed by atoms with E-state index in [2.05, 4.69) is 15.9 Å². The van der Waals surface area contributed by atoms with Gasteiger partial charge in [0, 0.05) is 15.3 Å². The van der Waals surface area contributed by atoms with Crippen molar-refractivity contribution in [3.8, 4) is 11.5 Å². The maximum atomic E-state index is 12.2. The maximum Gasteiger partial charge on any atom is 0.186 e. The first kappa shape index (κ1) is 15.8. The molecule has 0 aliphatic rings. The summed E-state index contributed by atoms with van der Waals surface area (Å²) >= 11 is 4.87. The van der Waals surface area contributed by atoms with Gasteiger partial charge < -0.3 is 9.84 Å². The molecule has 3 nitrogen and oxygen atoms in total. The Kier molecular flexibility index (Phi) is 4.85. The number of benzene rings is 1. The number of hydrogen-bond donors (Lipinski definition) is 1. The molecule has 5 heteroatoms. The number of phenols is 1. The van der Waals surface area contributed by atoms with Gasteiger partial charge in [0.1, 0.15) is 0 Å². The molecule has 1 aromatic carbocycles. The van der Waals surface area contributed by atoms with Crippen LogP contribution in [0.3, 0.4) is 0 Å². The number of aromatic hydroxyl groups is 1. The summed E-state index contributed by atoms with van der Waals surface area (Å²) in [4.78, 5) is 14.3. The number of methoxy groups -OCH3 is 1. The molecule has 0 amide bonds. The van der Waals surface area contributed by atoms with E-state index in [0.717, 1.165) is 20.9 Å². The Morgan fingerprint density at radius 2 is 2.05 bits per heavy atom. The van der Waals surface area contributed by atoms with Crippen LogP contribution < -0.4 is 4.74 Å². The highest BCUT2D eigenvalue weighted by molar-refractivity contribution is 9.10. The van der Waals surface area contributed by atoms with E-state index in [4.69, 9.17) is 4.74 Å². The molecule has 21 heavy (non-hydrogen) atoms. The van der Waals surface area contributed by atoms with Crippen LogP contribution in [-0.4, -0.2) is 18.0 Å². The molecule has 0 atom stereocenters. The highest BCUT2D eigenvalue weighted by Crippen LogP contribution is 2.35. The molecule has 0 bridgehead atoms. The lowest BCUT2D eigenvalue weighted by molar-refractivity contribution is 0.104. The van der Waals surface area contributed by atoms with E-state index in [1.165, 1.54) is 13.2 Å². The summed E-state index contributed by atoms with van der Waals surface area (Å²) in [6, 6.07) is 5.31. The van der Waals surface area contributed by atoms with Gasteiger partial charge in [0.2, 0.25) is 0 Å². The molecule has 1 aromatic heterocycles. The Balaban J connectivity index is 2.27. The first-order valence-corrected chi connectivity index (χ1v) is 7.89. The van der Waals surface area contributed by atoms with Crippen LogP contribution in [0.5, 0.6) is 11.5 Å². The first-order chi connectivity index (χ1) is 9.92. The summed E-state index contributed by atoms with van der Waals surface area (Å²) < 4.78 is 5.61. The summed E-state index contributed by atoms with van der Waals surface area (Å²) in [7, 11) is 1.48. The first-order valence-electron chi connectivity index (χ1n) is 6.28. The van der Waals surface area contributed by atoms with E-state index in [-0.39, 0.29) is 11.5 Å². The summed E-state index contributed by atoms with van der Waals surface area (Å²) in [5.74, 6) is 0.379. The zero-order valence-electron chi connectivity index (χ0n) is 11.9. The molecule has 110 valence electrons. The van der Waals surface area contributed by atoms with Gasteiger partial charge in [-0.25, -0.2) is 0 Å². The molecule has 0 saturated heterocycles. The predicted molar refractivity (Wildman–Crippen MR) is 89.5 cm³/mol. The number of phenolic OH excluding ortho intramolecular Hbond substituents is 1. The average Bonchev–Trinajstić information content (AvgIpc) is 2.78. The SMILES string of the molecule is COc1cc(C=CC(=O)c2cc(C)sc2C)cc(Br)c1O. The average molecular weight is 367 g/mol. The number of carbonyl (C=O) groups is 1. The molecule has 0 aliphatic heterocycles. The lowest BCUT2D eigenvalue weighted by Crippen LogP contribution is -1.93. The molecule has 1 heterocycles. The van der Waals surface area contributed by atoms with E-state index in [1.807, 2.05) is 19.9 Å². The van der Waals surface area contributed by atoms with Crippen LogP contribution in [0.1, 0.15) is 25.7 Å². The van der Waals surface area contributed by atoms with Crippen molar-refractivity contribution < 1.29 is 14.6 Å². The lowest BCUT2D eigenvalue weighted by atomic mass is 10.1. The van der Waals surface area contributed by atoms with Gasteiger partial charge in [-0.3, -0.25) is 4.79 Å². The van der Waals surface area contributed by atoms with Crippen molar-refractivity contribution in [1.29, 1.82) is 0 Å². The molecule has 1 N–H and O–H groups in total. The lowest BCUT2D eigenvalue weighted by Gasteiger charge is -2.06. The zero-order valence-corrected chi connectivity index (χ0v) is 14.3. The van der Waals surface area contributed by atoms with Gasteiger partial charge in [-0.1, -0.05) is 6.08 Å². The second kappa shape index (κ2) is 6.45. The normalized spacial score (nSPS) is 11.0. The molecule has 0 spiro atoms. The van der Waals surface area contributed by atoms with Crippen molar-refractivity contribution in [3.63, 3.8) is 0 Å². The Morgan fingerprint density at radius 3 is 2.62 bits per heavy atom. The molecule has 0 fully saturated rings. The fraction of sp³-hybridized carbons (Fsp3) is 0.188. The molecule has 2 rings (SSSR count). The zero-order chi connectivity index (χ0) is 15.6. The highest BCUT2D eigenvalue weighted by atomic mass is 79.9. The minimum Gasteiger partial charge on any atom is -0.503 e. The summed E-state index contributed by atoms with van der Waals surface area (Å²) in [6.07, 6.45) is 3.24. The van der Waals surface area contributed by atoms with Crippen molar-refractivity contribution in [2.24, 2.45) is 0 Å². The fourth-order valence-electron chi connectivity index (χ4n) is 1.98. The third-order valence-corrected chi connectivity index (χ3v) is 4.57. The monoisotopic (exact) mass is 366 g/mol. The van der Waals surface area contributed by atoms with Gasteiger partial charge in [-0.15, -0.1) is 11.3 Å². The molecule has 0 radical (unpaired) electrons. The molecule has 0 saturated carbocycles. The third kappa shape index (κ3) is 3.54. The number of allylic oxidation sites excluding steroid dienone is 1. The minimum atomic E-state index is -0.0278. The number of carbonyl (C=O) groups excluding carboxylic acids is 1. The molecule has 0 unspecified atom stereocenters. The van der Waals surface area contributed by atoms with E-state index in [1.54, 1.807) is 29.5 Å². The van der Waals surface area contributed by atoms with Crippen LogP contribution in [0.15, 0.2) is 28.7 Å². The van der Waals surface area contributed by atoms with Crippen molar-refractivity contribution in [2.75, 3.05) is 7.11 Å². The predicted octanol–water partition coefficient (Wildman–Crippen LogP) is 4.74. The number of ether oxygens (including phenoxy) is 1. The van der Waals surface area contributed by atoms with Crippen LogP contribution >= 0.6 is 27.3 Å². The largest absolute Gasteiger partial charge is 0.503 e. The molecule has 0 aliphatic carbocycles. The van der Waals surface area contributed by atoms with E-state index in [9.17, 15) is 9.90 Å². The Bertz CT molecular complexity index is 717. The van der Waals surface area contributed by atoms with E-state index in [0.29, 0.717) is 10.2 Å². The van der Waals surface area contributed by atoms with Crippen molar-refractivity contribution >= 4 is 39.1 Å². The third-order valence-electron chi connectivity index (χ3n) is 3.00. The second-order valence-electron chi connectivity index (χ2n) is 4.58. The van der Waals surface area contributed by atoms with Gasteiger partial charge in [0.05, 0.1) is 11.6 Å². The molecule has 2 aromatic rings. The molecular formula is C16H15BrO3S. The Labute approximate surface area is 136 Å². The van der Waals surface area contributed by atoms with E-state index < -0.39 is 0 Å². The second-order valence-corrected chi connectivity index (χ2v) is 6.89. The minimum absolute atomic E-state index is 0.0278. The van der Waals surface area contributed by atoms with E-state index >= 15 is 0 Å². The van der Waals surface area contributed by atoms with Gasteiger partial charge in [0.25, 0.3) is 0 Å². The fourth-order valence-corrected chi connectivity index (χ4v) is 3.37. The van der Waals surface area contributed by atoms with Crippen LogP contribution in [-0.2, 0) is 0 Å². The van der Waals surface area contributed by atoms with Gasteiger partial charge >= 0.3 is 0 Å². The van der Waals surface area contributed by atoms with Crippen LogP contribution in [0.2, 0.25) is 0 Å². The van der Waals surface area contributed by atoms with Crippen molar-refractivity contribution in [3.05, 3.63) is 49.6 Å². The highest BCUT2D eigenvalue weighted by Gasteiger charge is 2.10. The molecular weight excluding hydrogens is 352 g/mol. The number of halogens is 1. The summed E-state index contributed by atoms with van der Waals surface area (Å²) in [5.41, 5.74) is 1.51. The van der Waals surface area contributed by atoms with Crippen LogP contribution in [0, 0.1) is 13.8 Å². The summed E-state index contributed by atoms with van der Waals surface area (Å²) in [5, 5.41) is 9.76. The van der Waals surface area contributed by atoms with Crippen molar-refractivity contribution in [2.45, 2.75) is 13.8 Å². The maximum absolute atomic E-state index is 12.2. The quantitative estimate of drug-likeness (QED) is 0.627. The number of ketones is 1. The van der Waals surface area contributed by atoms with Crippen molar-refractivity contribution in [1.82, 2.24) is 0 Å². The number of rotatable bonds is 4. The van der Waals surface area contributed by atoms with Crippen LogP contribution in [0.4, 0.5) is 0 Å². The standard InChI is InChI=1S/C16H15BrO3S/c1-9-6-12(10(2)21-9)14(18)5-4-11-7-13(17)16(19)15(8-11)20-3/h4-8,19H,1-3H3.